The van der Waals surface area contributed by atoms with Crippen molar-refractivity contribution in [3.63, 3.8) is 0 Å². The van der Waals surface area contributed by atoms with Crippen molar-refractivity contribution in [1.82, 2.24) is 35.1 Å². The van der Waals surface area contributed by atoms with E-state index in [2.05, 4.69) is 56.7 Å². The van der Waals surface area contributed by atoms with Crippen LogP contribution in [0.25, 0.3) is 11.5 Å². The van der Waals surface area contributed by atoms with Crippen molar-refractivity contribution in [1.29, 1.82) is 5.26 Å². The summed E-state index contributed by atoms with van der Waals surface area (Å²) in [5, 5.41) is 26.6. The lowest BCUT2D eigenvalue weighted by Gasteiger charge is -2.30. The Bertz CT molecular complexity index is 1910. The molecule has 270 valence electrons. The number of nitriles is 1. The van der Waals surface area contributed by atoms with Gasteiger partial charge in [0.1, 0.15) is 16.8 Å². The summed E-state index contributed by atoms with van der Waals surface area (Å²) in [5.41, 5.74) is 3.13. The lowest BCUT2D eigenvalue weighted by atomic mass is 9.72. The summed E-state index contributed by atoms with van der Waals surface area (Å²) in [6, 6.07) is 3.89. The average molecular weight is 715 g/mol. The van der Waals surface area contributed by atoms with E-state index in [0.717, 1.165) is 68.5 Å². The van der Waals surface area contributed by atoms with E-state index in [1.807, 2.05) is 27.0 Å². The minimum Gasteiger partial charge on any atom is -0.475 e. The summed E-state index contributed by atoms with van der Waals surface area (Å²) < 4.78 is 18.2. The van der Waals surface area contributed by atoms with Gasteiger partial charge in [0.2, 0.25) is 17.7 Å². The van der Waals surface area contributed by atoms with Crippen molar-refractivity contribution in [3.8, 4) is 23.5 Å². The number of ether oxygens (including phenoxy) is 2. The zero-order valence-electron chi connectivity index (χ0n) is 30.2. The fourth-order valence-corrected chi connectivity index (χ4v) is 8.51. The van der Waals surface area contributed by atoms with E-state index in [1.54, 1.807) is 23.7 Å². The Kier molecular flexibility index (Phi) is 11.0. The fraction of sp³-hybridized carbons (Fsp3) is 0.556. The van der Waals surface area contributed by atoms with Crippen LogP contribution >= 0.6 is 11.3 Å². The zero-order chi connectivity index (χ0) is 36.1. The number of carbonyl (C=O) groups is 1. The van der Waals surface area contributed by atoms with Gasteiger partial charge in [0.15, 0.2) is 6.04 Å². The highest BCUT2D eigenvalue weighted by atomic mass is 32.1. The number of aromatic nitrogens is 7. The van der Waals surface area contributed by atoms with Gasteiger partial charge in [-0.05, 0) is 77.2 Å². The minimum atomic E-state index is -0.553. The molecule has 1 aliphatic heterocycles. The molecular weight excluding hydrogens is 669 g/mol. The third-order valence-electron chi connectivity index (χ3n) is 9.85. The Morgan fingerprint density at radius 3 is 2.90 bits per heavy atom. The zero-order valence-corrected chi connectivity index (χ0v) is 31.0. The molecule has 0 bridgehead atoms. The maximum absolute atomic E-state index is 12.2. The number of nitrogens with zero attached hydrogens (tertiary/aromatic N) is 9. The van der Waals surface area contributed by atoms with Crippen LogP contribution in [0.3, 0.4) is 0 Å². The molecular formula is C36H46N10O4S. The van der Waals surface area contributed by atoms with Gasteiger partial charge in [0.25, 0.3) is 5.88 Å². The highest BCUT2D eigenvalue weighted by Crippen LogP contribution is 2.49. The van der Waals surface area contributed by atoms with E-state index in [-0.39, 0.29) is 17.9 Å². The SMILES string of the molecule is CNc1sc2c(c1C#N)[C@@](C)(c1nc(-c3ccnc(N4CCC/C(=C/CCCOc5cn(C(C(=O)OC)C(C)C)nn5)C[C@@H]4C)n3)no1)CCC2. The average Bonchev–Trinajstić information content (AvgIpc) is 3.87. The van der Waals surface area contributed by atoms with E-state index in [1.165, 1.54) is 22.2 Å². The van der Waals surface area contributed by atoms with Crippen LogP contribution in [0.4, 0.5) is 10.9 Å². The molecule has 4 aromatic heterocycles. The van der Waals surface area contributed by atoms with Crippen LogP contribution in [0.2, 0.25) is 0 Å². The van der Waals surface area contributed by atoms with Gasteiger partial charge in [-0.15, -0.1) is 11.3 Å². The molecule has 5 heterocycles. The Labute approximate surface area is 302 Å². The number of methoxy groups -OCH3 is 1. The number of anilines is 2. The molecule has 3 atom stereocenters. The summed E-state index contributed by atoms with van der Waals surface area (Å²) in [6.45, 7) is 9.51. The Morgan fingerprint density at radius 2 is 2.14 bits per heavy atom. The van der Waals surface area contributed by atoms with Crippen molar-refractivity contribution >= 4 is 28.3 Å². The highest BCUT2D eigenvalue weighted by Gasteiger charge is 2.43. The maximum atomic E-state index is 12.2. The van der Waals surface area contributed by atoms with E-state index < -0.39 is 11.5 Å². The molecule has 51 heavy (non-hydrogen) atoms. The molecule has 0 amide bonds. The number of hydrogen-bond acceptors (Lipinski definition) is 14. The van der Waals surface area contributed by atoms with Gasteiger partial charge in [-0.25, -0.2) is 19.4 Å². The minimum absolute atomic E-state index is 0.00377. The molecule has 1 unspecified atom stereocenters. The van der Waals surface area contributed by atoms with Gasteiger partial charge < -0.3 is 24.2 Å². The van der Waals surface area contributed by atoms with E-state index in [4.69, 9.17) is 24.0 Å². The second-order valence-corrected chi connectivity index (χ2v) is 14.9. The summed E-state index contributed by atoms with van der Waals surface area (Å²) in [7, 11) is 3.22. The molecule has 0 aromatic carbocycles. The molecule has 14 nitrogen and oxygen atoms in total. The van der Waals surface area contributed by atoms with Crippen molar-refractivity contribution in [2.75, 3.05) is 37.5 Å². The number of aryl methyl sites for hydroxylation is 1. The third-order valence-corrected chi connectivity index (χ3v) is 11.1. The van der Waals surface area contributed by atoms with Gasteiger partial charge in [0, 0.05) is 36.3 Å². The second kappa shape index (κ2) is 15.6. The van der Waals surface area contributed by atoms with Gasteiger partial charge >= 0.3 is 5.97 Å². The predicted octanol–water partition coefficient (Wildman–Crippen LogP) is 6.27. The lowest BCUT2D eigenvalue weighted by molar-refractivity contribution is -0.146. The monoisotopic (exact) mass is 714 g/mol. The first-order valence-corrected chi connectivity index (χ1v) is 18.5. The highest BCUT2D eigenvalue weighted by molar-refractivity contribution is 7.16. The Hall–Kier alpha value is -4.84. The quantitative estimate of drug-likeness (QED) is 0.0991. The van der Waals surface area contributed by atoms with Gasteiger partial charge in [0.05, 0.1) is 30.9 Å². The van der Waals surface area contributed by atoms with Gasteiger partial charge in [-0.1, -0.05) is 41.0 Å². The number of rotatable bonds is 12. The van der Waals surface area contributed by atoms with Crippen molar-refractivity contribution in [2.45, 2.75) is 96.6 Å². The summed E-state index contributed by atoms with van der Waals surface area (Å²) in [6.07, 6.45) is 13.1. The van der Waals surface area contributed by atoms with E-state index in [9.17, 15) is 10.1 Å². The van der Waals surface area contributed by atoms with Crippen LogP contribution < -0.4 is 15.0 Å². The third kappa shape index (κ3) is 7.46. The second-order valence-electron chi connectivity index (χ2n) is 13.8. The van der Waals surface area contributed by atoms with E-state index >= 15 is 0 Å². The van der Waals surface area contributed by atoms with E-state index in [0.29, 0.717) is 41.4 Å². The first-order valence-electron chi connectivity index (χ1n) is 17.6. The first kappa shape index (κ1) is 36.0. The molecule has 1 saturated heterocycles. The van der Waals surface area contributed by atoms with Gasteiger partial charge in [-0.3, -0.25) is 0 Å². The molecule has 2 aliphatic rings. The predicted molar refractivity (Wildman–Crippen MR) is 193 cm³/mol. The number of carbonyl (C=O) groups excluding carboxylic acids is 1. The molecule has 0 radical (unpaired) electrons. The molecule has 6 rings (SSSR count). The van der Waals surface area contributed by atoms with Crippen LogP contribution in [0, 0.1) is 17.2 Å². The molecule has 0 spiro atoms. The first-order chi connectivity index (χ1) is 24.7. The summed E-state index contributed by atoms with van der Waals surface area (Å²) in [4.78, 5) is 30.0. The summed E-state index contributed by atoms with van der Waals surface area (Å²) >= 11 is 1.64. The molecule has 4 aromatic rings. The fourth-order valence-electron chi connectivity index (χ4n) is 7.23. The van der Waals surface area contributed by atoms with Crippen LogP contribution in [0.15, 0.2) is 34.6 Å². The Balaban J connectivity index is 1.07. The molecule has 1 aliphatic carbocycles. The summed E-state index contributed by atoms with van der Waals surface area (Å²) in [5.74, 6) is 1.61. The van der Waals surface area contributed by atoms with Crippen molar-refractivity contribution < 1.29 is 18.8 Å². The molecule has 0 saturated carbocycles. The van der Waals surface area contributed by atoms with Crippen LogP contribution in [0.5, 0.6) is 5.88 Å². The topological polar surface area (TPSA) is 170 Å². The molecule has 15 heteroatoms. The lowest BCUT2D eigenvalue weighted by Crippen LogP contribution is -2.34. The number of fused-ring (bicyclic) bond motifs is 1. The molecule has 1 N–H and O–H groups in total. The number of esters is 1. The van der Waals surface area contributed by atoms with Crippen LogP contribution in [-0.2, 0) is 21.4 Å². The standard InChI is InChI=1S/C36H46N10O4S/c1-22(2)30(33(47)48-6)46-21-28(42-44-46)49-18-8-7-11-24-12-10-17-45(23(3)19-24)35-39-16-14-26(40-35)31-41-34(50-43-31)36(4)15-9-13-27-29(36)25(20-37)32(38-5)51-27/h11,14,16,21-23,30,38H,7-10,12-13,15,17-19H2,1-6H3/b24-11-/t23-,30?,36-/m0/s1. The number of nitrogens with one attached hydrogen (secondary N) is 1. The Morgan fingerprint density at radius 1 is 1.29 bits per heavy atom. The van der Waals surface area contributed by atoms with Crippen molar-refractivity contribution in [2.24, 2.45) is 5.92 Å². The number of unbranched alkanes of at least 4 members (excludes halogenated alkanes) is 1. The molecule has 1 fully saturated rings. The number of thiophene rings is 1. The maximum Gasteiger partial charge on any atom is 0.330 e. The van der Waals surface area contributed by atoms with Crippen molar-refractivity contribution in [3.05, 3.63) is 52.0 Å². The largest absolute Gasteiger partial charge is 0.475 e. The number of hydrogen-bond donors (Lipinski definition) is 1. The normalized spacial score (nSPS) is 20.5. The van der Waals surface area contributed by atoms with Crippen LogP contribution in [-0.4, -0.2) is 74.4 Å². The van der Waals surface area contributed by atoms with Gasteiger partial charge in [-0.2, -0.15) is 10.2 Å². The smallest absolute Gasteiger partial charge is 0.330 e. The van der Waals surface area contributed by atoms with Crippen LogP contribution in [0.1, 0.15) is 101 Å². The number of allylic oxidation sites excluding steroid dienone is 1.